The van der Waals surface area contributed by atoms with Gasteiger partial charge in [-0.25, -0.2) is 0 Å². The standard InChI is InChI=1S/C18H16N6OS/c19-12-13-5-3-6-14(11-13)24-21-17(20-22-24)15-7-1-2-9-23(15)18(25)16-8-4-10-26-16/h3-6,8,10-11,15H,1-2,7,9H2. The molecule has 0 spiro atoms. The van der Waals surface area contributed by atoms with Crippen molar-refractivity contribution in [3.8, 4) is 11.8 Å². The van der Waals surface area contributed by atoms with Gasteiger partial charge in [-0.1, -0.05) is 12.1 Å². The van der Waals surface area contributed by atoms with Crippen molar-refractivity contribution in [3.63, 3.8) is 0 Å². The Kier molecular flexibility index (Phi) is 4.46. The van der Waals surface area contributed by atoms with Crippen LogP contribution in [0.3, 0.4) is 0 Å². The fraction of sp³-hybridized carbons (Fsp3) is 0.278. The number of benzene rings is 1. The van der Waals surface area contributed by atoms with Crippen LogP contribution in [-0.4, -0.2) is 37.6 Å². The number of thiophene rings is 1. The van der Waals surface area contributed by atoms with Crippen molar-refractivity contribution in [3.05, 3.63) is 58.0 Å². The maximum atomic E-state index is 12.8. The number of hydrogen-bond acceptors (Lipinski definition) is 6. The van der Waals surface area contributed by atoms with Crippen LogP contribution in [0.5, 0.6) is 0 Å². The highest BCUT2D eigenvalue weighted by molar-refractivity contribution is 7.12. The Bertz CT molecular complexity index is 958. The molecule has 1 aliphatic heterocycles. The maximum Gasteiger partial charge on any atom is 0.264 e. The highest BCUT2D eigenvalue weighted by atomic mass is 32.1. The number of piperidine rings is 1. The van der Waals surface area contributed by atoms with Crippen molar-refractivity contribution >= 4 is 17.2 Å². The van der Waals surface area contributed by atoms with Gasteiger partial charge in [-0.05, 0) is 54.1 Å². The van der Waals surface area contributed by atoms with Crippen LogP contribution in [0.4, 0.5) is 0 Å². The average molecular weight is 364 g/mol. The Hall–Kier alpha value is -3.05. The van der Waals surface area contributed by atoms with Gasteiger partial charge in [-0.2, -0.15) is 5.26 Å². The van der Waals surface area contributed by atoms with Crippen molar-refractivity contribution in [2.24, 2.45) is 0 Å². The van der Waals surface area contributed by atoms with E-state index in [1.165, 1.54) is 16.1 Å². The van der Waals surface area contributed by atoms with Gasteiger partial charge in [0.25, 0.3) is 5.91 Å². The largest absolute Gasteiger partial charge is 0.328 e. The molecule has 1 amide bonds. The number of carbonyl (C=O) groups is 1. The number of rotatable bonds is 3. The van der Waals surface area contributed by atoms with Crippen LogP contribution in [0.1, 0.15) is 46.4 Å². The molecule has 0 bridgehead atoms. The van der Waals surface area contributed by atoms with Crippen LogP contribution in [0.2, 0.25) is 0 Å². The van der Waals surface area contributed by atoms with E-state index in [9.17, 15) is 4.79 Å². The van der Waals surface area contributed by atoms with E-state index in [1.807, 2.05) is 28.5 Å². The molecule has 1 aliphatic rings. The Morgan fingerprint density at radius 2 is 2.19 bits per heavy atom. The lowest BCUT2D eigenvalue weighted by Crippen LogP contribution is -2.38. The lowest BCUT2D eigenvalue weighted by atomic mass is 10.0. The van der Waals surface area contributed by atoms with Gasteiger partial charge in [-0.3, -0.25) is 4.79 Å². The molecule has 8 heteroatoms. The molecule has 1 unspecified atom stereocenters. The molecule has 0 aliphatic carbocycles. The predicted molar refractivity (Wildman–Crippen MR) is 95.8 cm³/mol. The number of aromatic nitrogens is 4. The molecule has 1 fully saturated rings. The number of hydrogen-bond donors (Lipinski definition) is 0. The second-order valence-electron chi connectivity index (χ2n) is 6.09. The lowest BCUT2D eigenvalue weighted by Gasteiger charge is -2.33. The highest BCUT2D eigenvalue weighted by Gasteiger charge is 2.32. The third-order valence-corrected chi connectivity index (χ3v) is 5.29. The van der Waals surface area contributed by atoms with Crippen molar-refractivity contribution in [2.75, 3.05) is 6.54 Å². The normalized spacial score (nSPS) is 17.0. The third-order valence-electron chi connectivity index (χ3n) is 4.43. The van der Waals surface area contributed by atoms with E-state index in [-0.39, 0.29) is 11.9 Å². The van der Waals surface area contributed by atoms with E-state index in [0.29, 0.717) is 23.6 Å². The van der Waals surface area contributed by atoms with Gasteiger partial charge in [-0.15, -0.1) is 26.3 Å². The lowest BCUT2D eigenvalue weighted by molar-refractivity contribution is 0.0605. The number of likely N-dealkylation sites (tertiary alicyclic amines) is 1. The van der Waals surface area contributed by atoms with Crippen LogP contribution >= 0.6 is 11.3 Å². The first-order valence-electron chi connectivity index (χ1n) is 8.41. The van der Waals surface area contributed by atoms with Gasteiger partial charge in [0.05, 0.1) is 28.2 Å². The molecule has 3 aromatic rings. The summed E-state index contributed by atoms with van der Waals surface area (Å²) in [6.45, 7) is 0.694. The first kappa shape index (κ1) is 16.4. The van der Waals surface area contributed by atoms with Gasteiger partial charge in [0, 0.05) is 6.54 Å². The van der Waals surface area contributed by atoms with Crippen LogP contribution in [0.15, 0.2) is 41.8 Å². The smallest absolute Gasteiger partial charge is 0.264 e. The Morgan fingerprint density at radius 3 is 3.00 bits per heavy atom. The van der Waals surface area contributed by atoms with E-state index in [2.05, 4.69) is 21.5 Å². The van der Waals surface area contributed by atoms with Crippen molar-refractivity contribution in [2.45, 2.75) is 25.3 Å². The number of tetrazole rings is 1. The monoisotopic (exact) mass is 364 g/mol. The SMILES string of the molecule is N#Cc1cccc(-n2nnc(C3CCCCN3C(=O)c3cccs3)n2)c1. The molecule has 4 rings (SSSR count). The molecule has 2 aromatic heterocycles. The summed E-state index contributed by atoms with van der Waals surface area (Å²) in [7, 11) is 0. The summed E-state index contributed by atoms with van der Waals surface area (Å²) in [6, 6.07) is 12.7. The molecule has 0 N–H and O–H groups in total. The summed E-state index contributed by atoms with van der Waals surface area (Å²) < 4.78 is 0. The topological polar surface area (TPSA) is 87.7 Å². The van der Waals surface area contributed by atoms with Crippen molar-refractivity contribution in [1.82, 2.24) is 25.1 Å². The van der Waals surface area contributed by atoms with Crippen LogP contribution in [0, 0.1) is 11.3 Å². The second-order valence-corrected chi connectivity index (χ2v) is 7.03. The summed E-state index contributed by atoms with van der Waals surface area (Å²) in [4.78, 5) is 16.8. The number of nitriles is 1. The van der Waals surface area contributed by atoms with Gasteiger partial charge in [0.1, 0.15) is 0 Å². The molecular formula is C18H16N6OS. The number of nitrogens with zero attached hydrogens (tertiary/aromatic N) is 6. The highest BCUT2D eigenvalue weighted by Crippen LogP contribution is 2.30. The molecule has 1 atom stereocenters. The first-order valence-corrected chi connectivity index (χ1v) is 9.29. The summed E-state index contributed by atoms with van der Waals surface area (Å²) in [5.41, 5.74) is 1.21. The van der Waals surface area contributed by atoms with Gasteiger partial charge in [0.2, 0.25) is 0 Å². The van der Waals surface area contributed by atoms with Crippen LogP contribution in [0.25, 0.3) is 5.69 Å². The zero-order valence-electron chi connectivity index (χ0n) is 13.9. The van der Waals surface area contributed by atoms with Crippen LogP contribution in [-0.2, 0) is 0 Å². The molecule has 1 aromatic carbocycles. The first-order chi connectivity index (χ1) is 12.8. The zero-order valence-corrected chi connectivity index (χ0v) is 14.8. The van der Waals surface area contributed by atoms with Crippen LogP contribution < -0.4 is 0 Å². The van der Waals surface area contributed by atoms with Gasteiger partial charge < -0.3 is 4.90 Å². The minimum absolute atomic E-state index is 0.0209. The third kappa shape index (κ3) is 3.09. The molecule has 7 nitrogen and oxygen atoms in total. The summed E-state index contributed by atoms with van der Waals surface area (Å²) in [5.74, 6) is 0.560. The van der Waals surface area contributed by atoms with E-state index in [4.69, 9.17) is 5.26 Å². The Balaban J connectivity index is 1.62. The summed E-state index contributed by atoms with van der Waals surface area (Å²) >= 11 is 1.44. The van der Waals surface area contributed by atoms with Crippen molar-refractivity contribution in [1.29, 1.82) is 5.26 Å². The maximum absolute atomic E-state index is 12.8. The van der Waals surface area contributed by atoms with Gasteiger partial charge in [0.15, 0.2) is 5.82 Å². The zero-order chi connectivity index (χ0) is 17.9. The van der Waals surface area contributed by atoms with E-state index < -0.39 is 0 Å². The van der Waals surface area contributed by atoms with Gasteiger partial charge >= 0.3 is 0 Å². The second kappa shape index (κ2) is 7.06. The minimum atomic E-state index is -0.175. The molecule has 1 saturated heterocycles. The van der Waals surface area contributed by atoms with Crippen molar-refractivity contribution < 1.29 is 4.79 Å². The summed E-state index contributed by atoms with van der Waals surface area (Å²) in [6.07, 6.45) is 2.82. The Morgan fingerprint density at radius 1 is 1.27 bits per heavy atom. The quantitative estimate of drug-likeness (QED) is 0.713. The summed E-state index contributed by atoms with van der Waals surface area (Å²) in [5, 5.41) is 23.8. The molecule has 130 valence electrons. The molecule has 0 radical (unpaired) electrons. The predicted octanol–water partition coefficient (Wildman–Crippen LogP) is 2.96. The fourth-order valence-corrected chi connectivity index (χ4v) is 3.83. The number of carbonyl (C=O) groups excluding carboxylic acids is 1. The minimum Gasteiger partial charge on any atom is -0.328 e. The molecular weight excluding hydrogens is 348 g/mol. The number of amides is 1. The van der Waals surface area contributed by atoms with E-state index in [1.54, 1.807) is 18.2 Å². The molecule has 0 saturated carbocycles. The average Bonchev–Trinajstić information content (AvgIpc) is 3.39. The Labute approximate surface area is 154 Å². The van der Waals surface area contributed by atoms with E-state index >= 15 is 0 Å². The fourth-order valence-electron chi connectivity index (χ4n) is 3.15. The molecule has 3 heterocycles. The van der Waals surface area contributed by atoms with E-state index in [0.717, 1.165) is 24.1 Å². The molecule has 26 heavy (non-hydrogen) atoms.